The third-order valence-electron chi connectivity index (χ3n) is 2.10. The average molecular weight is 183 g/mol. The van der Waals surface area contributed by atoms with E-state index in [0.717, 1.165) is 0 Å². The smallest absolute Gasteiger partial charge is 0.0797 e. The van der Waals surface area contributed by atoms with Crippen LogP contribution < -0.4 is 0 Å². The van der Waals surface area contributed by atoms with Crippen molar-refractivity contribution in [3.63, 3.8) is 0 Å². The second-order valence-corrected chi connectivity index (χ2v) is 4.11. The number of aryl methyl sites for hydroxylation is 2. The van der Waals surface area contributed by atoms with Crippen LogP contribution in [0.25, 0.3) is 0 Å². The Morgan fingerprint density at radius 2 is 2.17 bits per heavy atom. The minimum atomic E-state index is 1.23. The van der Waals surface area contributed by atoms with Gasteiger partial charge in [-0.2, -0.15) is 0 Å². The summed E-state index contributed by atoms with van der Waals surface area (Å²) in [6.07, 6.45) is 6.63. The van der Waals surface area contributed by atoms with Crippen LogP contribution in [-0.4, -0.2) is 4.98 Å². The molecule has 12 heavy (non-hydrogen) atoms. The third-order valence-corrected chi connectivity index (χ3v) is 3.10. The summed E-state index contributed by atoms with van der Waals surface area (Å²) in [6.45, 7) is 4.35. The highest BCUT2D eigenvalue weighted by atomic mass is 32.1. The summed E-state index contributed by atoms with van der Waals surface area (Å²) in [5, 5.41) is 0. The van der Waals surface area contributed by atoms with E-state index in [1.54, 1.807) is 11.3 Å². The molecule has 1 aromatic rings. The first kappa shape index (κ1) is 9.72. The standard InChI is InChI=1S/C10H17NS/c1-3-4-5-6-7-10-9(2)11-8-12-10/h8H,3-7H2,1-2H3. The van der Waals surface area contributed by atoms with E-state index in [1.165, 1.54) is 42.7 Å². The summed E-state index contributed by atoms with van der Waals surface area (Å²) < 4.78 is 0. The molecule has 0 atom stereocenters. The largest absolute Gasteiger partial charge is 0.250 e. The van der Waals surface area contributed by atoms with Gasteiger partial charge in [0.15, 0.2) is 0 Å². The first-order chi connectivity index (χ1) is 5.84. The third kappa shape index (κ3) is 2.94. The highest BCUT2D eigenvalue weighted by Crippen LogP contribution is 2.15. The summed E-state index contributed by atoms with van der Waals surface area (Å²) >= 11 is 1.80. The minimum absolute atomic E-state index is 1.23. The van der Waals surface area contributed by atoms with Crippen molar-refractivity contribution in [2.75, 3.05) is 0 Å². The highest BCUT2D eigenvalue weighted by Gasteiger charge is 1.99. The van der Waals surface area contributed by atoms with Gasteiger partial charge in [0.2, 0.25) is 0 Å². The number of hydrogen-bond acceptors (Lipinski definition) is 2. The molecule has 1 aromatic heterocycles. The van der Waals surface area contributed by atoms with Crippen LogP contribution in [0.4, 0.5) is 0 Å². The summed E-state index contributed by atoms with van der Waals surface area (Å²) in [5.41, 5.74) is 3.18. The lowest BCUT2D eigenvalue weighted by molar-refractivity contribution is 0.668. The average Bonchev–Trinajstić information content (AvgIpc) is 2.46. The van der Waals surface area contributed by atoms with E-state index in [9.17, 15) is 0 Å². The van der Waals surface area contributed by atoms with Gasteiger partial charge in [-0.25, -0.2) is 4.98 Å². The van der Waals surface area contributed by atoms with Crippen LogP contribution in [0, 0.1) is 6.92 Å². The zero-order valence-corrected chi connectivity index (χ0v) is 8.78. The first-order valence-electron chi connectivity index (χ1n) is 4.73. The first-order valence-corrected chi connectivity index (χ1v) is 5.61. The van der Waals surface area contributed by atoms with E-state index in [0.29, 0.717) is 0 Å². The molecule has 0 spiro atoms. The molecule has 1 rings (SSSR count). The molecule has 0 fully saturated rings. The van der Waals surface area contributed by atoms with Gasteiger partial charge in [0.05, 0.1) is 11.2 Å². The van der Waals surface area contributed by atoms with E-state index in [2.05, 4.69) is 18.8 Å². The van der Waals surface area contributed by atoms with Crippen LogP contribution in [0.1, 0.15) is 43.2 Å². The van der Waals surface area contributed by atoms with E-state index < -0.39 is 0 Å². The van der Waals surface area contributed by atoms with Crippen LogP contribution in [0.2, 0.25) is 0 Å². The van der Waals surface area contributed by atoms with Crippen molar-refractivity contribution < 1.29 is 0 Å². The Morgan fingerprint density at radius 1 is 1.33 bits per heavy atom. The van der Waals surface area contributed by atoms with Gasteiger partial charge in [-0.1, -0.05) is 26.2 Å². The van der Waals surface area contributed by atoms with Crippen LogP contribution in [0.3, 0.4) is 0 Å². The van der Waals surface area contributed by atoms with Crippen molar-refractivity contribution in [1.82, 2.24) is 4.98 Å². The normalized spacial score (nSPS) is 10.5. The van der Waals surface area contributed by atoms with Crippen molar-refractivity contribution in [3.05, 3.63) is 16.1 Å². The quantitative estimate of drug-likeness (QED) is 0.636. The Balaban J connectivity index is 2.20. The maximum Gasteiger partial charge on any atom is 0.0797 e. The number of hydrogen-bond donors (Lipinski definition) is 0. The number of rotatable bonds is 5. The molecule has 1 heterocycles. The van der Waals surface area contributed by atoms with E-state index in [4.69, 9.17) is 0 Å². The van der Waals surface area contributed by atoms with Gasteiger partial charge >= 0.3 is 0 Å². The van der Waals surface area contributed by atoms with Crippen LogP contribution >= 0.6 is 11.3 Å². The molecular formula is C10H17NS. The van der Waals surface area contributed by atoms with E-state index >= 15 is 0 Å². The number of aromatic nitrogens is 1. The molecule has 2 heteroatoms. The van der Waals surface area contributed by atoms with Crippen LogP contribution in [-0.2, 0) is 6.42 Å². The maximum absolute atomic E-state index is 4.23. The van der Waals surface area contributed by atoms with Crippen molar-refractivity contribution >= 4 is 11.3 Å². The van der Waals surface area contributed by atoms with Gasteiger partial charge in [-0.3, -0.25) is 0 Å². The lowest BCUT2D eigenvalue weighted by Gasteiger charge is -1.97. The highest BCUT2D eigenvalue weighted by molar-refractivity contribution is 7.09. The Hall–Kier alpha value is -0.370. The monoisotopic (exact) mass is 183 g/mol. The molecule has 0 aliphatic carbocycles. The second-order valence-electron chi connectivity index (χ2n) is 3.17. The summed E-state index contributed by atoms with van der Waals surface area (Å²) in [6, 6.07) is 0. The Morgan fingerprint density at radius 3 is 2.75 bits per heavy atom. The summed E-state index contributed by atoms with van der Waals surface area (Å²) in [4.78, 5) is 5.71. The molecule has 0 radical (unpaired) electrons. The van der Waals surface area contributed by atoms with Crippen molar-refractivity contribution in [1.29, 1.82) is 0 Å². The molecule has 0 aliphatic rings. The van der Waals surface area contributed by atoms with Gasteiger partial charge in [0, 0.05) is 4.88 Å². The van der Waals surface area contributed by atoms with Crippen LogP contribution in [0.5, 0.6) is 0 Å². The van der Waals surface area contributed by atoms with Crippen molar-refractivity contribution in [2.45, 2.75) is 46.0 Å². The molecule has 68 valence electrons. The summed E-state index contributed by atoms with van der Waals surface area (Å²) in [7, 11) is 0. The predicted octanol–water partition coefficient (Wildman–Crippen LogP) is 3.57. The van der Waals surface area contributed by atoms with Crippen LogP contribution in [0.15, 0.2) is 5.51 Å². The predicted molar refractivity (Wildman–Crippen MR) is 54.7 cm³/mol. The minimum Gasteiger partial charge on any atom is -0.250 e. The Labute approximate surface area is 78.8 Å². The van der Waals surface area contributed by atoms with E-state index in [-0.39, 0.29) is 0 Å². The zero-order valence-electron chi connectivity index (χ0n) is 7.97. The molecule has 0 amide bonds. The Bertz CT molecular complexity index is 217. The van der Waals surface area contributed by atoms with E-state index in [1.807, 2.05) is 5.51 Å². The molecule has 0 saturated heterocycles. The maximum atomic E-state index is 4.23. The molecule has 0 aliphatic heterocycles. The molecule has 0 unspecified atom stereocenters. The van der Waals surface area contributed by atoms with Crippen molar-refractivity contribution in [3.8, 4) is 0 Å². The molecule has 1 nitrogen and oxygen atoms in total. The van der Waals surface area contributed by atoms with Gasteiger partial charge < -0.3 is 0 Å². The van der Waals surface area contributed by atoms with Crippen molar-refractivity contribution in [2.24, 2.45) is 0 Å². The molecule has 0 aromatic carbocycles. The molecule has 0 bridgehead atoms. The fourth-order valence-corrected chi connectivity index (χ4v) is 2.10. The zero-order chi connectivity index (χ0) is 8.81. The fourth-order valence-electron chi connectivity index (χ4n) is 1.28. The van der Waals surface area contributed by atoms with Gasteiger partial charge in [0.25, 0.3) is 0 Å². The SMILES string of the molecule is CCCCCCc1scnc1C. The van der Waals surface area contributed by atoms with Gasteiger partial charge in [0.1, 0.15) is 0 Å². The summed E-state index contributed by atoms with van der Waals surface area (Å²) in [5.74, 6) is 0. The number of unbranched alkanes of at least 4 members (excludes halogenated alkanes) is 3. The molecule has 0 N–H and O–H groups in total. The lowest BCUT2D eigenvalue weighted by atomic mass is 10.1. The van der Waals surface area contributed by atoms with Gasteiger partial charge in [-0.15, -0.1) is 11.3 Å². The second kappa shape index (κ2) is 5.31. The number of thiazole rings is 1. The molecule has 0 saturated carbocycles. The van der Waals surface area contributed by atoms with Gasteiger partial charge in [-0.05, 0) is 19.8 Å². The lowest BCUT2D eigenvalue weighted by Crippen LogP contribution is -1.85. The topological polar surface area (TPSA) is 12.9 Å². The fraction of sp³-hybridized carbons (Fsp3) is 0.700. The number of nitrogens with zero attached hydrogens (tertiary/aromatic N) is 1. The molecular weight excluding hydrogens is 166 g/mol. The Kier molecular flexibility index (Phi) is 4.30.